The average molecular weight is 501 g/mol. The maximum absolute atomic E-state index is 12.4. The van der Waals surface area contributed by atoms with E-state index in [0.717, 1.165) is 14.8 Å². The van der Waals surface area contributed by atoms with Crippen LogP contribution in [0.2, 0.25) is 0 Å². The van der Waals surface area contributed by atoms with Gasteiger partial charge in [0.25, 0.3) is 5.56 Å². The normalized spacial score (nSPS) is 12.3. The molecule has 1 heterocycles. The maximum Gasteiger partial charge on any atom is 0.389 e. The second kappa shape index (κ2) is 13.0. The Kier molecular flexibility index (Phi) is 10.3. The number of anilines is 1. The minimum atomic E-state index is -4.33. The van der Waals surface area contributed by atoms with Gasteiger partial charge in [0.2, 0.25) is 5.82 Å². The zero-order chi connectivity index (χ0) is 26.0. The Hall–Kier alpha value is -3.31. The Balaban J connectivity index is 1.90. The third-order valence-electron chi connectivity index (χ3n) is 5.00. The van der Waals surface area contributed by atoms with Gasteiger partial charge in [-0.05, 0) is 43.9 Å². The van der Waals surface area contributed by atoms with Gasteiger partial charge in [-0.1, -0.05) is 19.1 Å². The molecule has 0 spiro atoms. The van der Waals surface area contributed by atoms with Crippen LogP contribution in [-0.4, -0.2) is 45.7 Å². The van der Waals surface area contributed by atoms with E-state index in [1.54, 1.807) is 19.9 Å². The summed E-state index contributed by atoms with van der Waals surface area (Å²) in [7, 11) is 1.26. The number of carbonyl (C=O) groups is 1. The van der Waals surface area contributed by atoms with Gasteiger partial charge in [0.05, 0.1) is 0 Å². The molecule has 0 saturated heterocycles. The lowest BCUT2D eigenvalue weighted by Gasteiger charge is -2.15. The predicted octanol–water partition coefficient (Wildman–Crippen LogP) is 3.05. The van der Waals surface area contributed by atoms with Crippen LogP contribution >= 0.6 is 0 Å². The molecule has 2 aromatic rings. The molecule has 0 bridgehead atoms. The van der Waals surface area contributed by atoms with Gasteiger partial charge < -0.3 is 14.8 Å². The quantitative estimate of drug-likeness (QED) is 0.333. The number of aryl methyl sites for hydroxylation is 2. The number of hydrogen-bond donors (Lipinski definition) is 1. The molecule has 1 aromatic heterocycles. The lowest BCUT2D eigenvalue weighted by atomic mass is 10.1. The molecule has 0 aliphatic carbocycles. The zero-order valence-electron chi connectivity index (χ0n) is 20.1. The molecule has 0 amide bonds. The number of alkyl halides is 3. The van der Waals surface area contributed by atoms with Crippen molar-refractivity contribution in [2.75, 3.05) is 18.5 Å². The number of carbonyl (C=O) groups excluding carboxylic acids is 1. The molecule has 2 rings (SSSR count). The monoisotopic (exact) mass is 500 g/mol. The molecular formula is C23H31F3N4O5. The number of benzene rings is 1. The fourth-order valence-electron chi connectivity index (χ4n) is 3.16. The van der Waals surface area contributed by atoms with Crippen LogP contribution in [0.5, 0.6) is 5.75 Å². The number of ether oxygens (including phenoxy) is 2. The largest absolute Gasteiger partial charge is 0.487 e. The number of aromatic nitrogens is 3. The van der Waals surface area contributed by atoms with Crippen molar-refractivity contribution in [1.82, 2.24) is 14.3 Å². The number of halogens is 3. The van der Waals surface area contributed by atoms with Crippen LogP contribution in [-0.2, 0) is 29.5 Å². The summed E-state index contributed by atoms with van der Waals surface area (Å²) in [5.74, 6) is 0.256. The van der Waals surface area contributed by atoms with Crippen LogP contribution in [0.1, 0.15) is 45.1 Å². The first-order valence-corrected chi connectivity index (χ1v) is 11.4. The highest BCUT2D eigenvalue weighted by Gasteiger charge is 2.26. The first kappa shape index (κ1) is 27.9. The fraction of sp³-hybridized carbons (Fsp3) is 0.565. The molecule has 1 atom stereocenters. The van der Waals surface area contributed by atoms with Gasteiger partial charge in [0.1, 0.15) is 18.5 Å². The summed E-state index contributed by atoms with van der Waals surface area (Å²) in [4.78, 5) is 35.7. The van der Waals surface area contributed by atoms with Gasteiger partial charge in [-0.2, -0.15) is 13.2 Å². The Morgan fingerprint density at radius 3 is 2.66 bits per heavy atom. The van der Waals surface area contributed by atoms with Gasteiger partial charge >= 0.3 is 17.8 Å². The SMILES string of the molecule is CCC(=O)OCC(C)Oc1cccc(CCCNc2nn(CCCC(F)(F)F)c(=O)n(C)c2=O)c1. The van der Waals surface area contributed by atoms with Gasteiger partial charge in [0, 0.05) is 33.0 Å². The molecule has 194 valence electrons. The molecule has 0 aliphatic heterocycles. The van der Waals surface area contributed by atoms with Gasteiger partial charge in [-0.25, -0.2) is 9.48 Å². The third-order valence-corrected chi connectivity index (χ3v) is 5.00. The Morgan fingerprint density at radius 1 is 1.23 bits per heavy atom. The molecule has 0 radical (unpaired) electrons. The Bertz CT molecular complexity index is 1100. The van der Waals surface area contributed by atoms with Crippen molar-refractivity contribution in [3.63, 3.8) is 0 Å². The Labute approximate surface area is 200 Å². The van der Waals surface area contributed by atoms with Crippen molar-refractivity contribution in [3.8, 4) is 5.75 Å². The van der Waals surface area contributed by atoms with Crippen LogP contribution < -0.4 is 21.3 Å². The minimum Gasteiger partial charge on any atom is -0.487 e. The highest BCUT2D eigenvalue weighted by Crippen LogP contribution is 2.21. The van der Waals surface area contributed by atoms with Crippen molar-refractivity contribution in [2.24, 2.45) is 7.05 Å². The average Bonchev–Trinajstić information content (AvgIpc) is 2.80. The van der Waals surface area contributed by atoms with Gasteiger partial charge in [-0.15, -0.1) is 5.10 Å². The van der Waals surface area contributed by atoms with Crippen LogP contribution in [0.3, 0.4) is 0 Å². The van der Waals surface area contributed by atoms with E-state index in [0.29, 0.717) is 31.6 Å². The lowest BCUT2D eigenvalue weighted by molar-refractivity contribution is -0.145. The van der Waals surface area contributed by atoms with Crippen LogP contribution in [0.25, 0.3) is 0 Å². The highest BCUT2D eigenvalue weighted by molar-refractivity contribution is 5.68. The minimum absolute atomic E-state index is 0.0911. The second-order valence-corrected chi connectivity index (χ2v) is 8.08. The van der Waals surface area contributed by atoms with E-state index in [9.17, 15) is 27.6 Å². The van der Waals surface area contributed by atoms with E-state index in [2.05, 4.69) is 10.4 Å². The topological polar surface area (TPSA) is 104 Å². The van der Waals surface area contributed by atoms with Crippen molar-refractivity contribution in [3.05, 3.63) is 50.7 Å². The van der Waals surface area contributed by atoms with Gasteiger partial charge in [-0.3, -0.25) is 14.2 Å². The van der Waals surface area contributed by atoms with Crippen molar-refractivity contribution in [2.45, 2.75) is 64.8 Å². The standard InChI is InChI=1S/C23H31F3N4O5/c1-4-19(31)34-15-16(2)35-18-10-5-8-17(14-18)9-6-12-27-20-21(32)29(3)22(33)30(28-20)13-7-11-23(24,25)26/h5,8,10,14,16H,4,6-7,9,11-13,15H2,1-3H3,(H,27,28). The number of nitrogens with one attached hydrogen (secondary N) is 1. The number of rotatable bonds is 13. The summed E-state index contributed by atoms with van der Waals surface area (Å²) >= 11 is 0. The first-order chi connectivity index (χ1) is 16.5. The van der Waals surface area contributed by atoms with Gasteiger partial charge in [0.15, 0.2) is 0 Å². The molecule has 0 aliphatic rings. The van der Waals surface area contributed by atoms with E-state index in [4.69, 9.17) is 9.47 Å². The third kappa shape index (κ3) is 9.45. The number of hydrogen-bond acceptors (Lipinski definition) is 7. The predicted molar refractivity (Wildman–Crippen MR) is 124 cm³/mol. The molecule has 9 nitrogen and oxygen atoms in total. The van der Waals surface area contributed by atoms with E-state index in [1.165, 1.54) is 7.05 Å². The van der Waals surface area contributed by atoms with Crippen molar-refractivity contribution < 1.29 is 27.4 Å². The van der Waals surface area contributed by atoms with Crippen LogP contribution in [0, 0.1) is 0 Å². The molecule has 1 unspecified atom stereocenters. The summed E-state index contributed by atoms with van der Waals surface area (Å²) in [6.45, 7) is 3.79. The van der Waals surface area contributed by atoms with Crippen molar-refractivity contribution >= 4 is 11.8 Å². The van der Waals surface area contributed by atoms with E-state index in [1.807, 2.05) is 18.2 Å². The van der Waals surface area contributed by atoms with Crippen LogP contribution in [0.4, 0.5) is 19.0 Å². The number of esters is 1. The molecule has 12 heteroatoms. The molecule has 0 saturated carbocycles. The summed E-state index contributed by atoms with van der Waals surface area (Å²) in [5.41, 5.74) is -0.423. The molecular weight excluding hydrogens is 469 g/mol. The summed E-state index contributed by atoms with van der Waals surface area (Å²) in [5, 5.41) is 6.79. The molecule has 35 heavy (non-hydrogen) atoms. The zero-order valence-corrected chi connectivity index (χ0v) is 20.1. The molecule has 1 N–H and O–H groups in total. The molecule has 1 aromatic carbocycles. The summed E-state index contributed by atoms with van der Waals surface area (Å²) < 4.78 is 49.7. The second-order valence-electron chi connectivity index (χ2n) is 8.08. The lowest BCUT2D eigenvalue weighted by Crippen LogP contribution is -2.41. The van der Waals surface area contributed by atoms with Crippen LogP contribution in [0.15, 0.2) is 33.9 Å². The summed E-state index contributed by atoms with van der Waals surface area (Å²) in [6, 6.07) is 7.44. The number of nitrogens with zero attached hydrogens (tertiary/aromatic N) is 3. The Morgan fingerprint density at radius 2 is 1.97 bits per heavy atom. The maximum atomic E-state index is 12.4. The first-order valence-electron chi connectivity index (χ1n) is 11.4. The van der Waals surface area contributed by atoms with Crippen molar-refractivity contribution in [1.29, 1.82) is 0 Å². The smallest absolute Gasteiger partial charge is 0.389 e. The van der Waals surface area contributed by atoms with E-state index in [-0.39, 0.29) is 37.5 Å². The van der Waals surface area contributed by atoms with E-state index >= 15 is 0 Å². The highest BCUT2D eigenvalue weighted by atomic mass is 19.4. The molecule has 0 fully saturated rings. The fourth-order valence-corrected chi connectivity index (χ4v) is 3.16. The summed E-state index contributed by atoms with van der Waals surface area (Å²) in [6.07, 6.45) is -4.42. The van der Waals surface area contributed by atoms with E-state index < -0.39 is 23.8 Å².